The fourth-order valence-electron chi connectivity index (χ4n) is 3.20. The Morgan fingerprint density at radius 2 is 1.77 bits per heavy atom. The molecule has 0 aliphatic heterocycles. The maximum absolute atomic E-state index is 13.3. The molecular weight excluding hydrogens is 416 g/mol. The number of nitrogens with one attached hydrogen (secondary N) is 1. The highest BCUT2D eigenvalue weighted by Gasteiger charge is 2.18. The standard InChI is InChI=1S/C22H20N4O4S/c1-30-17-6-4-5-16(13-17)26-21(25-20-8-3-2-7-19(20)22(26)27)14-24-31(28,29)18-11-9-15(23)10-12-18/h2-13,24H,14,23H2,1H3. The van der Waals surface area contributed by atoms with Gasteiger partial charge >= 0.3 is 0 Å². The molecule has 8 nitrogen and oxygen atoms in total. The van der Waals surface area contributed by atoms with E-state index in [1.54, 1.807) is 48.5 Å². The van der Waals surface area contributed by atoms with Crippen LogP contribution in [0, 0.1) is 0 Å². The van der Waals surface area contributed by atoms with Crippen LogP contribution in [0.25, 0.3) is 16.6 Å². The van der Waals surface area contributed by atoms with Gasteiger partial charge in [-0.2, -0.15) is 0 Å². The zero-order valence-electron chi connectivity index (χ0n) is 16.6. The van der Waals surface area contributed by atoms with Crippen molar-refractivity contribution >= 4 is 26.6 Å². The molecule has 4 rings (SSSR count). The van der Waals surface area contributed by atoms with Crippen molar-refractivity contribution < 1.29 is 13.2 Å². The maximum atomic E-state index is 13.3. The van der Waals surface area contributed by atoms with Crippen molar-refractivity contribution in [1.82, 2.24) is 14.3 Å². The Bertz CT molecular complexity index is 1410. The van der Waals surface area contributed by atoms with Gasteiger partial charge in [-0.3, -0.25) is 9.36 Å². The number of anilines is 1. The zero-order chi connectivity index (χ0) is 22.0. The van der Waals surface area contributed by atoms with Crippen molar-refractivity contribution in [2.75, 3.05) is 12.8 Å². The fraction of sp³-hybridized carbons (Fsp3) is 0.0909. The number of benzene rings is 3. The molecule has 1 aromatic heterocycles. The highest BCUT2D eigenvalue weighted by molar-refractivity contribution is 7.89. The Labute approximate surface area is 179 Å². The van der Waals surface area contributed by atoms with Crippen LogP contribution in [0.4, 0.5) is 5.69 Å². The van der Waals surface area contributed by atoms with Crippen LogP contribution in [0.2, 0.25) is 0 Å². The first kappa shape index (κ1) is 20.6. The molecule has 0 radical (unpaired) electrons. The summed E-state index contributed by atoms with van der Waals surface area (Å²) in [5, 5.41) is 0.426. The van der Waals surface area contributed by atoms with Crippen LogP contribution in [0.15, 0.2) is 82.5 Å². The molecule has 0 aliphatic carbocycles. The van der Waals surface area contributed by atoms with Gasteiger partial charge in [0.2, 0.25) is 10.0 Å². The highest BCUT2D eigenvalue weighted by Crippen LogP contribution is 2.19. The first-order valence-electron chi connectivity index (χ1n) is 9.39. The van der Waals surface area contributed by atoms with E-state index in [1.165, 1.54) is 35.9 Å². The summed E-state index contributed by atoms with van der Waals surface area (Å²) in [5.74, 6) is 0.807. The van der Waals surface area contributed by atoms with Crippen LogP contribution < -0.4 is 20.8 Å². The molecule has 9 heteroatoms. The summed E-state index contributed by atoms with van der Waals surface area (Å²) in [5.41, 5.74) is 6.79. The molecule has 0 fully saturated rings. The minimum Gasteiger partial charge on any atom is -0.497 e. The third-order valence-electron chi connectivity index (χ3n) is 4.77. The monoisotopic (exact) mass is 436 g/mol. The van der Waals surface area contributed by atoms with E-state index in [0.29, 0.717) is 28.0 Å². The summed E-state index contributed by atoms with van der Waals surface area (Å²) >= 11 is 0. The van der Waals surface area contributed by atoms with E-state index in [2.05, 4.69) is 9.71 Å². The van der Waals surface area contributed by atoms with E-state index in [9.17, 15) is 13.2 Å². The Kier molecular flexibility index (Phi) is 5.45. The number of hydrogen-bond donors (Lipinski definition) is 2. The summed E-state index contributed by atoms with van der Waals surface area (Å²) in [6.07, 6.45) is 0. The Hall–Kier alpha value is -3.69. The molecule has 0 atom stereocenters. The van der Waals surface area contributed by atoms with Crippen LogP contribution in [0.3, 0.4) is 0 Å². The lowest BCUT2D eigenvalue weighted by Crippen LogP contribution is -2.30. The fourth-order valence-corrected chi connectivity index (χ4v) is 4.18. The Balaban J connectivity index is 1.81. The molecule has 0 amide bonds. The van der Waals surface area contributed by atoms with Crippen molar-refractivity contribution in [1.29, 1.82) is 0 Å². The zero-order valence-corrected chi connectivity index (χ0v) is 17.5. The van der Waals surface area contributed by atoms with Gasteiger partial charge in [0.1, 0.15) is 11.6 Å². The van der Waals surface area contributed by atoms with Crippen LogP contribution in [-0.2, 0) is 16.6 Å². The normalized spacial score (nSPS) is 11.5. The van der Waals surface area contributed by atoms with E-state index in [1.807, 2.05) is 0 Å². The number of hydrogen-bond acceptors (Lipinski definition) is 6. The summed E-state index contributed by atoms with van der Waals surface area (Å²) in [7, 11) is -2.31. The second kappa shape index (κ2) is 8.21. The number of nitrogens with zero attached hydrogens (tertiary/aromatic N) is 2. The van der Waals surface area contributed by atoms with Gasteiger partial charge < -0.3 is 10.5 Å². The number of para-hydroxylation sites is 1. The number of methoxy groups -OCH3 is 1. The number of rotatable bonds is 6. The van der Waals surface area contributed by atoms with Crippen LogP contribution in [0.5, 0.6) is 5.75 Å². The van der Waals surface area contributed by atoms with E-state index in [0.717, 1.165) is 0 Å². The quantitative estimate of drug-likeness (QED) is 0.449. The molecule has 0 aliphatic rings. The Morgan fingerprint density at radius 3 is 2.52 bits per heavy atom. The number of nitrogen functional groups attached to an aromatic ring is 1. The van der Waals surface area contributed by atoms with Gasteiger partial charge in [0.15, 0.2) is 0 Å². The minimum atomic E-state index is -3.84. The topological polar surface area (TPSA) is 116 Å². The van der Waals surface area contributed by atoms with Gasteiger partial charge in [-0.05, 0) is 48.5 Å². The maximum Gasteiger partial charge on any atom is 0.266 e. The minimum absolute atomic E-state index is 0.0674. The lowest BCUT2D eigenvalue weighted by atomic mass is 10.2. The van der Waals surface area contributed by atoms with Crippen LogP contribution in [0.1, 0.15) is 5.82 Å². The van der Waals surface area contributed by atoms with Gasteiger partial charge in [-0.1, -0.05) is 18.2 Å². The SMILES string of the molecule is COc1cccc(-n2c(CNS(=O)(=O)c3ccc(N)cc3)nc3ccccc3c2=O)c1. The van der Waals surface area contributed by atoms with Gasteiger partial charge in [0, 0.05) is 11.8 Å². The average molecular weight is 436 g/mol. The average Bonchev–Trinajstić information content (AvgIpc) is 2.78. The lowest BCUT2D eigenvalue weighted by Gasteiger charge is -2.15. The van der Waals surface area contributed by atoms with Crippen LogP contribution >= 0.6 is 0 Å². The van der Waals surface area contributed by atoms with Gasteiger partial charge in [-0.15, -0.1) is 0 Å². The van der Waals surface area contributed by atoms with E-state index in [4.69, 9.17) is 10.5 Å². The molecule has 0 saturated carbocycles. The third kappa shape index (κ3) is 4.14. The molecule has 3 aromatic carbocycles. The molecule has 0 bridgehead atoms. The number of fused-ring (bicyclic) bond motifs is 1. The Morgan fingerprint density at radius 1 is 1.03 bits per heavy atom. The first-order chi connectivity index (χ1) is 14.9. The number of aromatic nitrogens is 2. The molecular formula is C22H20N4O4S. The molecule has 3 N–H and O–H groups in total. The predicted molar refractivity (Wildman–Crippen MR) is 119 cm³/mol. The van der Waals surface area contributed by atoms with Crippen LogP contribution in [-0.4, -0.2) is 25.1 Å². The van der Waals surface area contributed by atoms with Gasteiger partial charge in [0.25, 0.3) is 5.56 Å². The second-order valence-electron chi connectivity index (χ2n) is 6.78. The molecule has 31 heavy (non-hydrogen) atoms. The number of ether oxygens (including phenoxy) is 1. The highest BCUT2D eigenvalue weighted by atomic mass is 32.2. The molecule has 1 heterocycles. The van der Waals surface area contributed by atoms with E-state index < -0.39 is 10.0 Å². The summed E-state index contributed by atoms with van der Waals surface area (Å²) in [4.78, 5) is 17.9. The summed E-state index contributed by atoms with van der Waals surface area (Å²) in [6, 6.07) is 19.7. The molecule has 4 aromatic rings. The van der Waals surface area contributed by atoms with E-state index >= 15 is 0 Å². The summed E-state index contributed by atoms with van der Waals surface area (Å²) < 4.78 is 34.6. The van der Waals surface area contributed by atoms with Crippen molar-refractivity contribution in [2.45, 2.75) is 11.4 Å². The number of sulfonamides is 1. The molecule has 0 saturated heterocycles. The molecule has 0 unspecified atom stereocenters. The van der Waals surface area contributed by atoms with Crippen molar-refractivity contribution in [3.63, 3.8) is 0 Å². The summed E-state index contributed by atoms with van der Waals surface area (Å²) in [6.45, 7) is -0.190. The van der Waals surface area contributed by atoms with Gasteiger partial charge in [-0.25, -0.2) is 18.1 Å². The smallest absolute Gasteiger partial charge is 0.266 e. The van der Waals surface area contributed by atoms with Crippen molar-refractivity contribution in [3.8, 4) is 11.4 Å². The predicted octanol–water partition coefficient (Wildman–Crippen LogP) is 2.46. The second-order valence-corrected chi connectivity index (χ2v) is 8.55. The molecule has 158 valence electrons. The largest absolute Gasteiger partial charge is 0.497 e. The molecule has 0 spiro atoms. The van der Waals surface area contributed by atoms with Gasteiger partial charge in [0.05, 0.1) is 35.1 Å². The van der Waals surface area contributed by atoms with E-state index in [-0.39, 0.29) is 22.8 Å². The first-order valence-corrected chi connectivity index (χ1v) is 10.9. The number of nitrogens with two attached hydrogens (primary N) is 1. The third-order valence-corrected chi connectivity index (χ3v) is 6.18. The lowest BCUT2D eigenvalue weighted by molar-refractivity contribution is 0.414. The van der Waals surface area contributed by atoms with Crippen molar-refractivity contribution in [2.24, 2.45) is 0 Å². The van der Waals surface area contributed by atoms with Crippen molar-refractivity contribution in [3.05, 3.63) is 89.0 Å².